The van der Waals surface area contributed by atoms with Crippen LogP contribution in [0.2, 0.25) is 0 Å². The van der Waals surface area contributed by atoms with E-state index in [0.717, 1.165) is 10.5 Å². The van der Waals surface area contributed by atoms with Crippen molar-refractivity contribution in [2.24, 2.45) is 0 Å². The largest absolute Gasteiger partial charge is 0.444 e. The molecule has 0 saturated carbocycles. The Bertz CT molecular complexity index is 855. The molecule has 1 heterocycles. The first kappa shape index (κ1) is 19.2. The first-order valence-corrected chi connectivity index (χ1v) is 9.44. The molecule has 2 aromatic carbocycles. The lowest BCUT2D eigenvalue weighted by molar-refractivity contribution is -0.115. The van der Waals surface area contributed by atoms with E-state index in [-0.39, 0.29) is 16.8 Å². The van der Waals surface area contributed by atoms with Crippen molar-refractivity contribution < 1.29 is 18.7 Å². The summed E-state index contributed by atoms with van der Waals surface area (Å²) in [5, 5.41) is 4.92. The fourth-order valence-electron chi connectivity index (χ4n) is 2.66. The number of nitrogens with one attached hydrogen (secondary N) is 2. The van der Waals surface area contributed by atoms with Gasteiger partial charge in [-0.2, -0.15) is 0 Å². The molecule has 0 spiro atoms. The van der Waals surface area contributed by atoms with Crippen molar-refractivity contribution >= 4 is 35.1 Å². The van der Waals surface area contributed by atoms with Gasteiger partial charge in [0.05, 0.1) is 10.9 Å². The normalized spacial score (nSPS) is 15.8. The molecular weight excluding hydrogens is 367 g/mol. The summed E-state index contributed by atoms with van der Waals surface area (Å²) in [6.45, 7) is 5.16. The number of amides is 2. The maximum Gasteiger partial charge on any atom is 0.412 e. The Morgan fingerprint density at radius 1 is 1.15 bits per heavy atom. The van der Waals surface area contributed by atoms with E-state index in [1.807, 2.05) is 24.3 Å². The molecule has 2 amide bonds. The average molecular weight is 388 g/mol. The van der Waals surface area contributed by atoms with Crippen LogP contribution in [0.1, 0.15) is 26.3 Å². The second-order valence-electron chi connectivity index (χ2n) is 7.23. The number of fused-ring (bicyclic) bond motifs is 1. The Morgan fingerprint density at radius 3 is 2.59 bits per heavy atom. The van der Waals surface area contributed by atoms with E-state index in [1.165, 1.54) is 30.0 Å². The molecular formula is C20H21FN2O3S. The number of carbonyl (C=O) groups is 2. The van der Waals surface area contributed by atoms with Crippen molar-refractivity contribution in [1.82, 2.24) is 0 Å². The molecule has 0 aliphatic carbocycles. The fourth-order valence-corrected chi connectivity index (χ4v) is 3.86. The van der Waals surface area contributed by atoms with Gasteiger partial charge in [-0.05, 0) is 57.0 Å². The van der Waals surface area contributed by atoms with Crippen molar-refractivity contribution in [3.05, 3.63) is 53.8 Å². The molecule has 1 aliphatic heterocycles. The molecule has 2 aromatic rings. The van der Waals surface area contributed by atoms with Crippen LogP contribution in [-0.2, 0) is 16.0 Å². The Hall–Kier alpha value is -2.54. The van der Waals surface area contributed by atoms with Gasteiger partial charge in [0.15, 0.2) is 0 Å². The molecule has 1 atom stereocenters. The topological polar surface area (TPSA) is 67.4 Å². The lowest BCUT2D eigenvalue weighted by Crippen LogP contribution is -2.27. The van der Waals surface area contributed by atoms with Gasteiger partial charge in [0.25, 0.3) is 0 Å². The highest BCUT2D eigenvalue weighted by Gasteiger charge is 2.28. The van der Waals surface area contributed by atoms with Crippen LogP contribution in [0.5, 0.6) is 0 Å². The van der Waals surface area contributed by atoms with Gasteiger partial charge in [-0.25, -0.2) is 9.18 Å². The molecule has 0 saturated heterocycles. The van der Waals surface area contributed by atoms with E-state index < -0.39 is 17.5 Å². The number of anilines is 2. The average Bonchev–Trinajstić information content (AvgIpc) is 3.00. The molecule has 0 fully saturated rings. The number of rotatable bonds is 3. The molecule has 2 N–H and O–H groups in total. The van der Waals surface area contributed by atoms with Gasteiger partial charge < -0.3 is 10.1 Å². The number of thioether (sulfide) groups is 1. The zero-order valence-corrected chi connectivity index (χ0v) is 16.2. The van der Waals surface area contributed by atoms with Gasteiger partial charge in [0.2, 0.25) is 5.91 Å². The van der Waals surface area contributed by atoms with Gasteiger partial charge in [-0.3, -0.25) is 10.1 Å². The van der Waals surface area contributed by atoms with Gasteiger partial charge in [0.1, 0.15) is 11.4 Å². The maximum absolute atomic E-state index is 14.0. The summed E-state index contributed by atoms with van der Waals surface area (Å²) in [4.78, 5) is 25.5. The van der Waals surface area contributed by atoms with Gasteiger partial charge >= 0.3 is 6.09 Å². The second-order valence-corrected chi connectivity index (χ2v) is 8.47. The molecule has 0 aromatic heterocycles. The van der Waals surface area contributed by atoms with Gasteiger partial charge in [-0.15, -0.1) is 11.8 Å². The molecule has 0 radical (unpaired) electrons. The summed E-state index contributed by atoms with van der Waals surface area (Å²) in [7, 11) is 0. The van der Waals surface area contributed by atoms with Crippen LogP contribution >= 0.6 is 11.8 Å². The minimum atomic E-state index is -0.758. The first-order chi connectivity index (χ1) is 12.7. The molecule has 27 heavy (non-hydrogen) atoms. The molecule has 1 aliphatic rings. The Balaban J connectivity index is 1.66. The number of ether oxygens (including phenoxy) is 1. The van der Waals surface area contributed by atoms with Gasteiger partial charge in [0, 0.05) is 10.6 Å². The predicted molar refractivity (Wildman–Crippen MR) is 105 cm³/mol. The van der Waals surface area contributed by atoms with Crippen LogP contribution in [0.25, 0.3) is 0 Å². The van der Waals surface area contributed by atoms with E-state index in [4.69, 9.17) is 4.74 Å². The molecule has 0 bridgehead atoms. The third-order valence-electron chi connectivity index (χ3n) is 3.81. The Labute approximate surface area is 161 Å². The molecule has 142 valence electrons. The van der Waals surface area contributed by atoms with E-state index in [0.29, 0.717) is 12.1 Å². The third kappa shape index (κ3) is 5.01. The van der Waals surface area contributed by atoms with E-state index in [2.05, 4.69) is 10.6 Å². The quantitative estimate of drug-likeness (QED) is 0.790. The number of halogens is 1. The smallest absolute Gasteiger partial charge is 0.412 e. The zero-order chi connectivity index (χ0) is 19.6. The van der Waals surface area contributed by atoms with E-state index in [1.54, 1.807) is 20.8 Å². The zero-order valence-electron chi connectivity index (χ0n) is 15.3. The third-order valence-corrected chi connectivity index (χ3v) is 5.13. The van der Waals surface area contributed by atoms with Crippen LogP contribution in [0.15, 0.2) is 47.4 Å². The second kappa shape index (κ2) is 7.60. The van der Waals surface area contributed by atoms with E-state index >= 15 is 0 Å². The van der Waals surface area contributed by atoms with Crippen LogP contribution in [0.4, 0.5) is 20.6 Å². The summed E-state index contributed by atoms with van der Waals surface area (Å²) in [6, 6.07) is 11.9. The maximum atomic E-state index is 14.0. The summed E-state index contributed by atoms with van der Waals surface area (Å²) < 4.78 is 19.1. The summed E-state index contributed by atoms with van der Waals surface area (Å²) in [5.74, 6) is -0.771. The minimum Gasteiger partial charge on any atom is -0.444 e. The highest BCUT2D eigenvalue weighted by molar-refractivity contribution is 8.01. The standard InChI is InChI=1S/C20H21FN2O3S/c1-20(2,3)26-19(25)23-15-11-13(8-9-14(15)21)22-18(24)17-10-12-6-4-5-7-16(12)27-17/h4-9,11,17H,10H2,1-3H3,(H,22,24)(H,23,25). The number of carbonyl (C=O) groups excluding carboxylic acids is 2. The predicted octanol–water partition coefficient (Wildman–Crippen LogP) is 4.83. The molecule has 3 rings (SSSR count). The SMILES string of the molecule is CC(C)(C)OC(=O)Nc1cc(NC(=O)C2Cc3ccccc3S2)ccc1F. The highest BCUT2D eigenvalue weighted by atomic mass is 32.2. The fraction of sp³-hybridized carbons (Fsp3) is 0.300. The molecule has 5 nitrogen and oxygen atoms in total. The van der Waals surface area contributed by atoms with Gasteiger partial charge in [-0.1, -0.05) is 18.2 Å². The van der Waals surface area contributed by atoms with Crippen molar-refractivity contribution in [2.45, 2.75) is 42.9 Å². The van der Waals surface area contributed by atoms with Crippen LogP contribution < -0.4 is 10.6 Å². The summed E-state index contributed by atoms with van der Waals surface area (Å²) in [5.41, 5.74) is 0.809. The number of hydrogen-bond acceptors (Lipinski definition) is 4. The van der Waals surface area contributed by atoms with Crippen molar-refractivity contribution in [3.63, 3.8) is 0 Å². The Morgan fingerprint density at radius 2 is 1.89 bits per heavy atom. The monoisotopic (exact) mass is 388 g/mol. The Kier molecular flexibility index (Phi) is 5.41. The lowest BCUT2D eigenvalue weighted by atomic mass is 10.1. The number of hydrogen-bond donors (Lipinski definition) is 2. The number of benzene rings is 2. The molecule has 1 unspecified atom stereocenters. The van der Waals surface area contributed by atoms with Crippen molar-refractivity contribution in [2.75, 3.05) is 10.6 Å². The first-order valence-electron chi connectivity index (χ1n) is 8.56. The molecule has 7 heteroatoms. The van der Waals surface area contributed by atoms with E-state index in [9.17, 15) is 14.0 Å². The van der Waals surface area contributed by atoms with Crippen LogP contribution in [0, 0.1) is 5.82 Å². The van der Waals surface area contributed by atoms with Crippen molar-refractivity contribution in [1.29, 1.82) is 0 Å². The minimum absolute atomic E-state index is 0.0515. The van der Waals surface area contributed by atoms with Crippen LogP contribution in [-0.4, -0.2) is 22.9 Å². The van der Waals surface area contributed by atoms with Crippen molar-refractivity contribution in [3.8, 4) is 0 Å². The highest BCUT2D eigenvalue weighted by Crippen LogP contribution is 2.37. The van der Waals surface area contributed by atoms with Crippen LogP contribution in [0.3, 0.4) is 0 Å². The summed E-state index contributed by atoms with van der Waals surface area (Å²) >= 11 is 1.51. The lowest BCUT2D eigenvalue weighted by Gasteiger charge is -2.20. The summed E-state index contributed by atoms with van der Waals surface area (Å²) in [6.07, 6.45) is -0.108.